The van der Waals surface area contributed by atoms with Crippen LogP contribution in [0.15, 0.2) is 18.7 Å². The summed E-state index contributed by atoms with van der Waals surface area (Å²) in [6, 6.07) is 0. The molecule has 0 N–H and O–H groups in total. The summed E-state index contributed by atoms with van der Waals surface area (Å²) in [7, 11) is 2.01. The smallest absolute Gasteiger partial charge is 0.243 e. The van der Waals surface area contributed by atoms with Gasteiger partial charge in [-0.1, -0.05) is 0 Å². The summed E-state index contributed by atoms with van der Waals surface area (Å²) in [6.07, 6.45) is 6.10. The van der Waals surface area contributed by atoms with Gasteiger partial charge in [-0.3, -0.25) is 0 Å². The summed E-state index contributed by atoms with van der Waals surface area (Å²) in [5.41, 5.74) is 0. The van der Waals surface area contributed by atoms with Crippen molar-refractivity contribution >= 4 is 0 Å². The first kappa shape index (κ1) is 11.5. The van der Waals surface area contributed by atoms with E-state index in [2.05, 4.69) is 4.57 Å². The molecule has 4 heteroatoms. The Hall–Kier alpha value is -0.540. The van der Waals surface area contributed by atoms with Gasteiger partial charge in [0, 0.05) is 6.61 Å². The summed E-state index contributed by atoms with van der Waals surface area (Å²) >= 11 is 0. The van der Waals surface area contributed by atoms with Crippen LogP contribution < -0.4 is 17.0 Å². The standard InChI is InChI=1S/C8H15N2O.ClH/c1-3-11-7-6-10-5-4-9(2)8-10;/h4-5,8H,3,6-7H2,1-2H3;1H/q+1;/p-1. The monoisotopic (exact) mass is 190 g/mol. The van der Waals surface area contributed by atoms with E-state index in [1.165, 1.54) is 0 Å². The van der Waals surface area contributed by atoms with Crippen LogP contribution >= 0.6 is 0 Å². The van der Waals surface area contributed by atoms with Gasteiger partial charge < -0.3 is 17.1 Å². The van der Waals surface area contributed by atoms with Gasteiger partial charge in [0.15, 0.2) is 0 Å². The lowest BCUT2D eigenvalue weighted by molar-refractivity contribution is -0.671. The second-order valence-corrected chi connectivity index (χ2v) is 2.51. The number of aryl methyl sites for hydroxylation is 1. The molecule has 0 spiro atoms. The van der Waals surface area contributed by atoms with Crippen molar-refractivity contribution in [1.82, 2.24) is 4.57 Å². The topological polar surface area (TPSA) is 18.0 Å². The fourth-order valence-corrected chi connectivity index (χ4v) is 0.948. The van der Waals surface area contributed by atoms with Crippen LogP contribution in [-0.2, 0) is 18.3 Å². The number of rotatable bonds is 4. The second kappa shape index (κ2) is 6.03. The lowest BCUT2D eigenvalue weighted by Gasteiger charge is -1.96. The summed E-state index contributed by atoms with van der Waals surface area (Å²) in [4.78, 5) is 0. The van der Waals surface area contributed by atoms with E-state index in [1.54, 1.807) is 0 Å². The van der Waals surface area contributed by atoms with Crippen LogP contribution in [0.3, 0.4) is 0 Å². The van der Waals surface area contributed by atoms with E-state index in [9.17, 15) is 0 Å². The Labute approximate surface area is 79.4 Å². The molecule has 1 heterocycles. The molecular formula is C8H15ClN2O. The van der Waals surface area contributed by atoms with Crippen LogP contribution in [0.25, 0.3) is 0 Å². The Morgan fingerprint density at radius 2 is 2.25 bits per heavy atom. The highest BCUT2D eigenvalue weighted by Gasteiger charge is 1.97. The number of ether oxygens (including phenoxy) is 1. The van der Waals surface area contributed by atoms with Crippen molar-refractivity contribution in [2.24, 2.45) is 7.05 Å². The Morgan fingerprint density at radius 3 is 2.75 bits per heavy atom. The van der Waals surface area contributed by atoms with Crippen LogP contribution in [-0.4, -0.2) is 17.8 Å². The minimum absolute atomic E-state index is 0. The third kappa shape index (κ3) is 3.74. The number of nitrogens with zero attached hydrogens (tertiary/aromatic N) is 2. The normalized spacial score (nSPS) is 9.50. The fraction of sp³-hybridized carbons (Fsp3) is 0.625. The van der Waals surface area contributed by atoms with Gasteiger partial charge in [0.05, 0.1) is 13.7 Å². The predicted octanol–water partition coefficient (Wildman–Crippen LogP) is -2.65. The highest BCUT2D eigenvalue weighted by molar-refractivity contribution is 4.65. The Kier molecular flexibility index (Phi) is 5.76. The van der Waals surface area contributed by atoms with Crippen LogP contribution in [0, 0.1) is 0 Å². The van der Waals surface area contributed by atoms with E-state index in [-0.39, 0.29) is 12.4 Å². The molecule has 1 aromatic heterocycles. The molecule has 0 aromatic carbocycles. The van der Waals surface area contributed by atoms with E-state index in [0.717, 1.165) is 19.8 Å². The second-order valence-electron chi connectivity index (χ2n) is 2.51. The molecule has 1 aromatic rings. The average Bonchev–Trinajstić information content (AvgIpc) is 2.37. The third-order valence-electron chi connectivity index (χ3n) is 1.52. The van der Waals surface area contributed by atoms with Crippen LogP contribution in [0.5, 0.6) is 0 Å². The molecule has 0 aliphatic rings. The fourth-order valence-electron chi connectivity index (χ4n) is 0.948. The lowest BCUT2D eigenvalue weighted by atomic mass is 10.6. The zero-order valence-electron chi connectivity index (χ0n) is 7.53. The quantitative estimate of drug-likeness (QED) is 0.375. The molecule has 0 bridgehead atoms. The van der Waals surface area contributed by atoms with Crippen LogP contribution in [0.4, 0.5) is 0 Å². The molecule has 0 aliphatic carbocycles. The summed E-state index contributed by atoms with van der Waals surface area (Å²) in [5, 5.41) is 0. The number of imidazole rings is 1. The SMILES string of the molecule is CCOCCn1cc[n+](C)c1.[Cl-]. The van der Waals surface area contributed by atoms with Gasteiger partial charge in [0.1, 0.15) is 18.9 Å². The maximum atomic E-state index is 5.22. The van der Waals surface area contributed by atoms with Crippen molar-refractivity contribution in [3.05, 3.63) is 18.7 Å². The van der Waals surface area contributed by atoms with Gasteiger partial charge in [0.25, 0.3) is 0 Å². The molecule has 0 saturated carbocycles. The lowest BCUT2D eigenvalue weighted by Crippen LogP contribution is -3.00. The van der Waals surface area contributed by atoms with Gasteiger partial charge in [-0.15, -0.1) is 0 Å². The number of hydrogen-bond donors (Lipinski definition) is 0. The Morgan fingerprint density at radius 1 is 1.50 bits per heavy atom. The highest BCUT2D eigenvalue weighted by Crippen LogP contribution is 1.84. The molecule has 70 valence electrons. The van der Waals surface area contributed by atoms with Crippen molar-refractivity contribution in [2.75, 3.05) is 13.2 Å². The minimum atomic E-state index is 0. The van der Waals surface area contributed by atoms with Gasteiger partial charge >= 0.3 is 0 Å². The van der Waals surface area contributed by atoms with Gasteiger partial charge in [-0.05, 0) is 6.92 Å². The molecule has 0 unspecified atom stereocenters. The third-order valence-corrected chi connectivity index (χ3v) is 1.52. The molecule has 0 radical (unpaired) electrons. The summed E-state index contributed by atoms with van der Waals surface area (Å²) < 4.78 is 9.34. The zero-order valence-corrected chi connectivity index (χ0v) is 8.29. The van der Waals surface area contributed by atoms with Crippen LogP contribution in [0.1, 0.15) is 6.92 Å². The maximum Gasteiger partial charge on any atom is 0.243 e. The predicted molar refractivity (Wildman–Crippen MR) is 42.1 cm³/mol. The van der Waals surface area contributed by atoms with Gasteiger partial charge in [-0.25, -0.2) is 9.13 Å². The first-order valence-corrected chi connectivity index (χ1v) is 3.91. The molecular weight excluding hydrogens is 176 g/mol. The molecule has 0 aliphatic heterocycles. The Balaban J connectivity index is 0.00000121. The number of halogens is 1. The van der Waals surface area contributed by atoms with Crippen LogP contribution in [0.2, 0.25) is 0 Å². The minimum Gasteiger partial charge on any atom is -1.00 e. The summed E-state index contributed by atoms with van der Waals surface area (Å²) in [5.74, 6) is 0. The first-order chi connectivity index (χ1) is 5.33. The summed E-state index contributed by atoms with van der Waals surface area (Å²) in [6.45, 7) is 4.54. The van der Waals surface area contributed by atoms with Gasteiger partial charge in [0.2, 0.25) is 6.33 Å². The molecule has 0 fully saturated rings. The van der Waals surface area contributed by atoms with E-state index >= 15 is 0 Å². The highest BCUT2D eigenvalue weighted by atomic mass is 35.5. The van der Waals surface area contributed by atoms with E-state index in [0.29, 0.717) is 0 Å². The maximum absolute atomic E-state index is 5.22. The van der Waals surface area contributed by atoms with E-state index < -0.39 is 0 Å². The van der Waals surface area contributed by atoms with Crippen molar-refractivity contribution < 1.29 is 21.7 Å². The first-order valence-electron chi connectivity index (χ1n) is 3.91. The van der Waals surface area contributed by atoms with Crippen molar-refractivity contribution in [1.29, 1.82) is 0 Å². The molecule has 3 nitrogen and oxygen atoms in total. The zero-order chi connectivity index (χ0) is 8.10. The van der Waals surface area contributed by atoms with Crippen molar-refractivity contribution in [3.8, 4) is 0 Å². The molecule has 1 rings (SSSR count). The molecule has 12 heavy (non-hydrogen) atoms. The average molecular weight is 191 g/mol. The molecule has 0 amide bonds. The number of hydrogen-bond acceptors (Lipinski definition) is 1. The molecule has 0 atom stereocenters. The van der Waals surface area contributed by atoms with E-state index in [4.69, 9.17) is 4.74 Å². The van der Waals surface area contributed by atoms with Crippen molar-refractivity contribution in [2.45, 2.75) is 13.5 Å². The van der Waals surface area contributed by atoms with E-state index in [1.807, 2.05) is 37.3 Å². The number of aromatic nitrogens is 2. The Bertz CT molecular complexity index is 213. The molecule has 0 saturated heterocycles. The van der Waals surface area contributed by atoms with Crippen molar-refractivity contribution in [3.63, 3.8) is 0 Å². The van der Waals surface area contributed by atoms with Gasteiger partial charge in [-0.2, -0.15) is 0 Å². The largest absolute Gasteiger partial charge is 1.00 e.